The van der Waals surface area contributed by atoms with E-state index in [4.69, 9.17) is 0 Å². The number of carbonyl (C=O) groups is 1. The summed E-state index contributed by atoms with van der Waals surface area (Å²) in [6, 6.07) is 0.140. The summed E-state index contributed by atoms with van der Waals surface area (Å²) in [5.41, 5.74) is 0. The average molecular weight is 330 g/mol. The molecular formula is C17H31NO3S. The smallest absolute Gasteiger partial charge is 0.235 e. The maximum atomic E-state index is 12.2. The van der Waals surface area contributed by atoms with E-state index in [1.54, 1.807) is 0 Å². The molecule has 22 heavy (non-hydrogen) atoms. The standard InChI is InChI=1S/C17H31NO3S/c1-13-7-6-10-16(14(13)2)18-17(19)12-22(20,21)11-15-8-4-3-5-9-15/h13-16H,3-12H2,1-2H3,(H,18,19)/t13-,14+,16+/m1/s1. The highest BCUT2D eigenvalue weighted by molar-refractivity contribution is 7.92. The summed E-state index contributed by atoms with van der Waals surface area (Å²) >= 11 is 0. The van der Waals surface area contributed by atoms with Crippen LogP contribution in [-0.2, 0) is 14.6 Å². The second-order valence-corrected chi connectivity index (χ2v) is 9.61. The van der Waals surface area contributed by atoms with Crippen LogP contribution in [0, 0.1) is 17.8 Å². The molecule has 0 aromatic heterocycles. The molecule has 2 saturated carbocycles. The van der Waals surface area contributed by atoms with Crippen molar-refractivity contribution >= 4 is 15.7 Å². The number of rotatable bonds is 5. The van der Waals surface area contributed by atoms with Crippen molar-refractivity contribution in [1.29, 1.82) is 0 Å². The molecule has 3 atom stereocenters. The van der Waals surface area contributed by atoms with Gasteiger partial charge in [0.15, 0.2) is 9.84 Å². The highest BCUT2D eigenvalue weighted by Gasteiger charge is 2.30. The normalized spacial score (nSPS) is 30.9. The van der Waals surface area contributed by atoms with E-state index in [1.165, 1.54) is 12.8 Å². The van der Waals surface area contributed by atoms with Crippen LogP contribution in [0.15, 0.2) is 0 Å². The van der Waals surface area contributed by atoms with Gasteiger partial charge in [-0.15, -0.1) is 0 Å². The molecule has 4 nitrogen and oxygen atoms in total. The fraction of sp³-hybridized carbons (Fsp3) is 0.941. The van der Waals surface area contributed by atoms with Crippen molar-refractivity contribution in [3.05, 3.63) is 0 Å². The maximum absolute atomic E-state index is 12.2. The first-order chi connectivity index (χ1) is 10.4. The van der Waals surface area contributed by atoms with Gasteiger partial charge in [0.1, 0.15) is 5.75 Å². The Morgan fingerprint density at radius 1 is 1.00 bits per heavy atom. The van der Waals surface area contributed by atoms with E-state index in [2.05, 4.69) is 19.2 Å². The molecule has 128 valence electrons. The van der Waals surface area contributed by atoms with E-state index < -0.39 is 9.84 Å². The molecule has 2 fully saturated rings. The van der Waals surface area contributed by atoms with E-state index in [9.17, 15) is 13.2 Å². The number of carbonyl (C=O) groups excluding carboxylic acids is 1. The predicted octanol–water partition coefficient (Wildman–Crippen LogP) is 2.92. The summed E-state index contributed by atoms with van der Waals surface area (Å²) in [6.07, 6.45) is 8.76. The van der Waals surface area contributed by atoms with Gasteiger partial charge in [0.2, 0.25) is 5.91 Å². The molecule has 2 aliphatic carbocycles. The number of nitrogens with one attached hydrogen (secondary N) is 1. The quantitative estimate of drug-likeness (QED) is 0.843. The van der Waals surface area contributed by atoms with E-state index in [0.717, 1.165) is 38.5 Å². The van der Waals surface area contributed by atoms with Gasteiger partial charge < -0.3 is 5.32 Å². The van der Waals surface area contributed by atoms with Crippen LogP contribution in [0.4, 0.5) is 0 Å². The predicted molar refractivity (Wildman–Crippen MR) is 89.3 cm³/mol. The third-order valence-electron chi connectivity index (χ3n) is 5.62. The largest absolute Gasteiger partial charge is 0.352 e. The van der Waals surface area contributed by atoms with Crippen LogP contribution in [0.2, 0.25) is 0 Å². The minimum atomic E-state index is -3.27. The van der Waals surface area contributed by atoms with Crippen LogP contribution < -0.4 is 5.32 Å². The number of amides is 1. The molecule has 0 heterocycles. The van der Waals surface area contributed by atoms with Gasteiger partial charge in [-0.3, -0.25) is 4.79 Å². The lowest BCUT2D eigenvalue weighted by molar-refractivity contribution is -0.120. The summed E-state index contributed by atoms with van der Waals surface area (Å²) < 4.78 is 24.5. The van der Waals surface area contributed by atoms with Crippen molar-refractivity contribution in [1.82, 2.24) is 5.32 Å². The van der Waals surface area contributed by atoms with Crippen molar-refractivity contribution in [3.8, 4) is 0 Å². The molecule has 0 unspecified atom stereocenters. The van der Waals surface area contributed by atoms with Gasteiger partial charge in [0.05, 0.1) is 5.75 Å². The molecule has 0 aromatic carbocycles. The molecule has 5 heteroatoms. The van der Waals surface area contributed by atoms with Crippen molar-refractivity contribution in [2.75, 3.05) is 11.5 Å². The first-order valence-corrected chi connectivity index (χ1v) is 10.7. The zero-order valence-electron chi connectivity index (χ0n) is 14.0. The van der Waals surface area contributed by atoms with Gasteiger partial charge in [-0.1, -0.05) is 46.0 Å². The Bertz CT molecular complexity index is 468. The Morgan fingerprint density at radius 3 is 2.36 bits per heavy atom. The Balaban J connectivity index is 1.82. The monoisotopic (exact) mass is 329 g/mol. The van der Waals surface area contributed by atoms with E-state index in [0.29, 0.717) is 11.8 Å². The lowest BCUT2D eigenvalue weighted by Gasteiger charge is -2.34. The molecule has 2 rings (SSSR count). The molecule has 0 bridgehead atoms. The van der Waals surface area contributed by atoms with Crippen molar-refractivity contribution in [3.63, 3.8) is 0 Å². The van der Waals surface area contributed by atoms with Crippen LogP contribution in [0.3, 0.4) is 0 Å². The maximum Gasteiger partial charge on any atom is 0.235 e. The summed E-state index contributed by atoms with van der Waals surface area (Å²) in [6.45, 7) is 4.37. The lowest BCUT2D eigenvalue weighted by Crippen LogP contribution is -2.46. The second-order valence-electron chi connectivity index (χ2n) is 7.50. The van der Waals surface area contributed by atoms with Gasteiger partial charge in [-0.2, -0.15) is 0 Å². The van der Waals surface area contributed by atoms with Gasteiger partial charge in [0.25, 0.3) is 0 Å². The van der Waals surface area contributed by atoms with Gasteiger partial charge in [-0.25, -0.2) is 8.42 Å². The first-order valence-electron chi connectivity index (χ1n) is 8.87. The summed E-state index contributed by atoms with van der Waals surface area (Å²) in [7, 11) is -3.27. The van der Waals surface area contributed by atoms with E-state index in [-0.39, 0.29) is 29.4 Å². The zero-order valence-corrected chi connectivity index (χ0v) is 14.8. The molecular weight excluding hydrogens is 298 g/mol. The van der Waals surface area contributed by atoms with Gasteiger partial charge in [-0.05, 0) is 37.0 Å². The van der Waals surface area contributed by atoms with Crippen molar-refractivity contribution in [2.45, 2.75) is 71.3 Å². The number of hydrogen-bond donors (Lipinski definition) is 1. The third-order valence-corrected chi connectivity index (χ3v) is 7.30. The zero-order chi connectivity index (χ0) is 16.2. The number of sulfone groups is 1. The molecule has 0 spiro atoms. The van der Waals surface area contributed by atoms with Crippen LogP contribution in [0.5, 0.6) is 0 Å². The molecule has 0 radical (unpaired) electrons. The van der Waals surface area contributed by atoms with Gasteiger partial charge in [0, 0.05) is 6.04 Å². The van der Waals surface area contributed by atoms with E-state index in [1.807, 2.05) is 0 Å². The molecule has 2 aliphatic rings. The Kier molecular flexibility index (Phi) is 6.30. The third kappa shape index (κ3) is 5.25. The SMILES string of the molecule is C[C@H]1[C@H](C)CCC[C@@H]1NC(=O)CS(=O)(=O)CC1CCCCC1. The van der Waals surface area contributed by atoms with Crippen LogP contribution >= 0.6 is 0 Å². The van der Waals surface area contributed by atoms with Gasteiger partial charge >= 0.3 is 0 Å². The fourth-order valence-electron chi connectivity index (χ4n) is 4.01. The van der Waals surface area contributed by atoms with Crippen LogP contribution in [0.1, 0.15) is 65.2 Å². The second kappa shape index (κ2) is 7.80. The summed E-state index contributed by atoms with van der Waals surface area (Å²) in [5.74, 6) is 0.844. The van der Waals surface area contributed by atoms with Crippen LogP contribution in [-0.4, -0.2) is 31.9 Å². The fourth-order valence-corrected chi connectivity index (χ4v) is 5.66. The van der Waals surface area contributed by atoms with Crippen LogP contribution in [0.25, 0.3) is 0 Å². The average Bonchev–Trinajstić information content (AvgIpc) is 2.43. The Labute approximate surface area is 135 Å². The highest BCUT2D eigenvalue weighted by Crippen LogP contribution is 2.29. The molecule has 0 saturated heterocycles. The molecule has 1 N–H and O–H groups in total. The topological polar surface area (TPSA) is 63.2 Å². The van der Waals surface area contributed by atoms with E-state index >= 15 is 0 Å². The Hall–Kier alpha value is -0.580. The molecule has 1 amide bonds. The summed E-state index contributed by atoms with van der Waals surface area (Å²) in [4.78, 5) is 12.1. The molecule has 0 aliphatic heterocycles. The molecule has 0 aromatic rings. The highest BCUT2D eigenvalue weighted by atomic mass is 32.2. The number of hydrogen-bond acceptors (Lipinski definition) is 3. The Morgan fingerprint density at radius 2 is 1.68 bits per heavy atom. The minimum Gasteiger partial charge on any atom is -0.352 e. The summed E-state index contributed by atoms with van der Waals surface area (Å²) in [5, 5.41) is 2.97. The minimum absolute atomic E-state index is 0.140. The van der Waals surface area contributed by atoms with Crippen molar-refractivity contribution in [2.24, 2.45) is 17.8 Å². The first kappa shape index (κ1) is 17.8. The lowest BCUT2D eigenvalue weighted by atomic mass is 9.78. The van der Waals surface area contributed by atoms with Crippen molar-refractivity contribution < 1.29 is 13.2 Å².